The van der Waals surface area contributed by atoms with Crippen LogP contribution >= 0.6 is 0 Å². The largest absolute Gasteiger partial charge is 0.135 e. The second-order valence-electron chi connectivity index (χ2n) is 6.72. The van der Waals surface area contributed by atoms with Crippen LogP contribution in [0.2, 0.25) is 39.3 Å². The lowest BCUT2D eigenvalue weighted by molar-refractivity contribution is 0.729. The lowest BCUT2D eigenvalue weighted by atomic mass is 10.2. The molecule has 0 saturated heterocycles. The van der Waals surface area contributed by atoms with Gasteiger partial charge in [-0.3, -0.25) is 0 Å². The normalized spacial score (nSPS) is 12.2. The fourth-order valence-electron chi connectivity index (χ4n) is 2.23. The maximum Gasteiger partial charge on any atom is 0.0772 e. The zero-order chi connectivity index (χ0) is 12.8. The van der Waals surface area contributed by atoms with Crippen molar-refractivity contribution >= 4 is 16.1 Å². The third kappa shape index (κ3) is 6.52. The van der Waals surface area contributed by atoms with Crippen LogP contribution in [0.5, 0.6) is 0 Å². The highest BCUT2D eigenvalue weighted by molar-refractivity contribution is 7.04. The summed E-state index contributed by atoms with van der Waals surface area (Å²) in [4.78, 5) is 1.71. The molecule has 0 aliphatic carbocycles. The molecule has 0 rings (SSSR count). The topological polar surface area (TPSA) is 0 Å². The van der Waals surface area contributed by atoms with Crippen molar-refractivity contribution < 1.29 is 0 Å². The molecule has 0 heterocycles. The van der Waals surface area contributed by atoms with E-state index in [1.165, 1.54) is 25.7 Å². The fourth-order valence-corrected chi connectivity index (χ4v) is 12.3. The first kappa shape index (κ1) is 16.0. The smallest absolute Gasteiger partial charge is 0.0772 e. The molecule has 0 amide bonds. The maximum absolute atomic E-state index is 3.67. The molecule has 0 radical (unpaired) electrons. The van der Waals surface area contributed by atoms with E-state index in [2.05, 4.69) is 58.0 Å². The van der Waals surface area contributed by atoms with Crippen LogP contribution in [-0.4, -0.2) is 16.1 Å². The molecule has 0 aliphatic rings. The Morgan fingerprint density at radius 1 is 0.938 bits per heavy atom. The molecule has 94 valence electrons. The summed E-state index contributed by atoms with van der Waals surface area (Å²) in [6.45, 7) is 17.0. The highest BCUT2D eigenvalue weighted by Gasteiger charge is 2.30. The highest BCUT2D eigenvalue weighted by Crippen LogP contribution is 2.24. The van der Waals surface area contributed by atoms with Crippen molar-refractivity contribution in [2.24, 2.45) is 0 Å². The molecule has 0 atom stereocenters. The molecule has 0 spiro atoms. The van der Waals surface area contributed by atoms with Gasteiger partial charge in [0.05, 0.1) is 16.1 Å². The molecule has 0 fully saturated rings. The minimum atomic E-state index is -1.15. The van der Waals surface area contributed by atoms with E-state index >= 15 is 0 Å². The minimum absolute atomic E-state index is 1.15. The summed E-state index contributed by atoms with van der Waals surface area (Å²) in [6.07, 6.45) is 7.52. The van der Waals surface area contributed by atoms with Gasteiger partial charge in [-0.05, 0) is 18.9 Å². The van der Waals surface area contributed by atoms with Crippen LogP contribution in [0.3, 0.4) is 0 Å². The highest BCUT2D eigenvalue weighted by atomic mass is 28.4. The molecule has 0 saturated carbocycles. The predicted octanol–water partition coefficient (Wildman–Crippen LogP) is 5.40. The molecule has 0 bridgehead atoms. The number of hydrogen-bond donors (Lipinski definition) is 0. The van der Waals surface area contributed by atoms with E-state index in [4.69, 9.17) is 0 Å². The molecule has 0 aromatic rings. The Labute approximate surface area is 105 Å². The van der Waals surface area contributed by atoms with Gasteiger partial charge in [0.2, 0.25) is 0 Å². The van der Waals surface area contributed by atoms with Gasteiger partial charge >= 0.3 is 0 Å². The summed E-state index contributed by atoms with van der Waals surface area (Å²) in [5.41, 5.74) is 3.67. The first-order chi connectivity index (χ1) is 7.19. The van der Waals surface area contributed by atoms with E-state index in [-0.39, 0.29) is 0 Å². The Hall–Kier alpha value is -0.0462. The molecule has 0 aliphatic heterocycles. The quantitative estimate of drug-likeness (QED) is 0.338. The van der Waals surface area contributed by atoms with Gasteiger partial charge in [-0.1, -0.05) is 63.9 Å². The van der Waals surface area contributed by atoms with E-state index < -0.39 is 16.1 Å². The third-order valence-corrected chi connectivity index (χ3v) is 10.5. The van der Waals surface area contributed by atoms with E-state index in [0.29, 0.717) is 0 Å². The Kier molecular flexibility index (Phi) is 6.61. The molecule has 0 aromatic heterocycles. The molecule has 16 heavy (non-hydrogen) atoms. The zero-order valence-electron chi connectivity index (χ0n) is 12.4. The average molecular weight is 255 g/mol. The first-order valence-electron chi connectivity index (χ1n) is 6.65. The zero-order valence-corrected chi connectivity index (χ0v) is 14.4. The second-order valence-corrected chi connectivity index (χ2v) is 17.2. The average Bonchev–Trinajstić information content (AvgIpc) is 2.06. The van der Waals surface area contributed by atoms with Gasteiger partial charge < -0.3 is 0 Å². The molecule has 0 unspecified atom stereocenters. The molecular weight excluding hydrogens is 224 g/mol. The summed E-state index contributed by atoms with van der Waals surface area (Å²) in [5, 5.41) is 0. The molecule has 0 nitrogen and oxygen atoms in total. The van der Waals surface area contributed by atoms with Crippen LogP contribution in [-0.2, 0) is 0 Å². The van der Waals surface area contributed by atoms with Crippen molar-refractivity contribution in [2.75, 3.05) is 0 Å². The van der Waals surface area contributed by atoms with Gasteiger partial charge in [-0.15, -0.1) is 5.73 Å². The summed E-state index contributed by atoms with van der Waals surface area (Å²) in [5.74, 6) is 0. The third-order valence-electron chi connectivity index (χ3n) is 2.70. The molecular formula is C14H30Si2. The van der Waals surface area contributed by atoms with Crippen LogP contribution in [0.25, 0.3) is 0 Å². The number of rotatable bonds is 6. The number of allylic oxidation sites excluding steroid dienone is 1. The summed E-state index contributed by atoms with van der Waals surface area (Å²) < 4.78 is 0. The Morgan fingerprint density at radius 3 is 1.81 bits per heavy atom. The molecule has 2 heteroatoms. The van der Waals surface area contributed by atoms with Crippen LogP contribution in [0.15, 0.2) is 16.6 Å². The van der Waals surface area contributed by atoms with Crippen molar-refractivity contribution in [3.8, 4) is 0 Å². The first-order valence-corrected chi connectivity index (χ1v) is 13.7. The Balaban J connectivity index is 4.72. The van der Waals surface area contributed by atoms with Crippen molar-refractivity contribution in [2.45, 2.75) is 71.9 Å². The Morgan fingerprint density at radius 2 is 1.44 bits per heavy atom. The van der Waals surface area contributed by atoms with Crippen molar-refractivity contribution in [1.82, 2.24) is 0 Å². The van der Waals surface area contributed by atoms with Crippen LogP contribution < -0.4 is 0 Å². The van der Waals surface area contributed by atoms with Crippen molar-refractivity contribution in [3.63, 3.8) is 0 Å². The van der Waals surface area contributed by atoms with E-state index in [9.17, 15) is 0 Å². The van der Waals surface area contributed by atoms with Crippen molar-refractivity contribution in [1.29, 1.82) is 0 Å². The van der Waals surface area contributed by atoms with Gasteiger partial charge in [0.15, 0.2) is 0 Å². The second kappa shape index (κ2) is 6.63. The van der Waals surface area contributed by atoms with Gasteiger partial charge in [0.25, 0.3) is 0 Å². The SMILES string of the molecule is CCCCCC=C=C([Si](C)(C)C)[Si](C)(C)C. The van der Waals surface area contributed by atoms with E-state index in [1.807, 2.05) is 0 Å². The van der Waals surface area contributed by atoms with Crippen LogP contribution in [0.4, 0.5) is 0 Å². The standard InChI is InChI=1S/C14H30Si2/c1-8-9-10-11-12-13-14(15(2,3)4)16(5,6)7/h12H,8-11H2,1-7H3. The van der Waals surface area contributed by atoms with Gasteiger partial charge in [0.1, 0.15) is 0 Å². The lowest BCUT2D eigenvalue weighted by Crippen LogP contribution is -2.39. The van der Waals surface area contributed by atoms with Gasteiger partial charge in [-0.2, -0.15) is 0 Å². The maximum atomic E-state index is 3.67. The monoisotopic (exact) mass is 254 g/mol. The summed E-state index contributed by atoms with van der Waals surface area (Å²) in [6, 6.07) is 0. The van der Waals surface area contributed by atoms with Crippen LogP contribution in [0.1, 0.15) is 32.6 Å². The van der Waals surface area contributed by atoms with E-state index in [1.54, 1.807) is 4.82 Å². The fraction of sp³-hybridized carbons (Fsp3) is 0.786. The number of hydrogen-bond acceptors (Lipinski definition) is 0. The van der Waals surface area contributed by atoms with Crippen molar-refractivity contribution in [3.05, 3.63) is 16.6 Å². The van der Waals surface area contributed by atoms with Crippen LogP contribution in [0, 0.1) is 0 Å². The Bertz CT molecular complexity index is 241. The molecule has 0 N–H and O–H groups in total. The summed E-state index contributed by atoms with van der Waals surface area (Å²) in [7, 11) is -2.31. The van der Waals surface area contributed by atoms with Gasteiger partial charge in [0, 0.05) is 0 Å². The number of unbranched alkanes of at least 4 members (excludes halogenated alkanes) is 3. The minimum Gasteiger partial charge on any atom is -0.135 e. The molecule has 0 aromatic carbocycles. The van der Waals surface area contributed by atoms with Gasteiger partial charge in [-0.25, -0.2) is 0 Å². The summed E-state index contributed by atoms with van der Waals surface area (Å²) >= 11 is 0. The van der Waals surface area contributed by atoms with E-state index in [0.717, 1.165) is 0 Å². The lowest BCUT2D eigenvalue weighted by Gasteiger charge is -2.29. The predicted molar refractivity (Wildman–Crippen MR) is 82.4 cm³/mol.